The van der Waals surface area contributed by atoms with E-state index in [-0.39, 0.29) is 10.8 Å². The molecule has 0 bridgehead atoms. The van der Waals surface area contributed by atoms with Crippen molar-refractivity contribution in [3.63, 3.8) is 0 Å². The molecule has 0 saturated heterocycles. The highest BCUT2D eigenvalue weighted by atomic mass is 35.5. The van der Waals surface area contributed by atoms with Crippen LogP contribution in [-0.4, -0.2) is 9.91 Å². The smallest absolute Gasteiger partial charge is 0.258 e. The normalized spacial score (nSPS) is 10.2. The highest BCUT2D eigenvalue weighted by Gasteiger charge is 2.14. The molecule has 0 spiro atoms. The molecule has 0 unspecified atom stereocenters. The lowest BCUT2D eigenvalue weighted by Gasteiger charge is -2.02. The van der Waals surface area contributed by atoms with Gasteiger partial charge < -0.3 is 0 Å². The van der Waals surface area contributed by atoms with Gasteiger partial charge in [0.25, 0.3) is 0 Å². The van der Waals surface area contributed by atoms with Gasteiger partial charge in [-0.25, -0.2) is 4.98 Å². The van der Waals surface area contributed by atoms with Gasteiger partial charge in [0.15, 0.2) is 0 Å². The van der Waals surface area contributed by atoms with Crippen molar-refractivity contribution in [2.45, 2.75) is 0 Å². The largest absolute Gasteiger partial charge is 0.307 e. The minimum Gasteiger partial charge on any atom is -0.258 e. The van der Waals surface area contributed by atoms with Crippen molar-refractivity contribution >= 4 is 28.9 Å². The van der Waals surface area contributed by atoms with Crippen molar-refractivity contribution in [1.82, 2.24) is 4.98 Å². The molecular formula is C11H6Cl2N2O2. The first kappa shape index (κ1) is 11.8. The second-order valence-electron chi connectivity index (χ2n) is 3.30. The minimum absolute atomic E-state index is 0.118. The van der Waals surface area contributed by atoms with E-state index in [1.54, 1.807) is 24.3 Å². The molecule has 0 radical (unpaired) electrons. The molecule has 0 aliphatic carbocycles. The lowest BCUT2D eigenvalue weighted by Crippen LogP contribution is -1.92. The Balaban J connectivity index is 2.50. The number of hydrogen-bond donors (Lipinski definition) is 0. The molecule has 0 fully saturated rings. The third-order valence-corrected chi connectivity index (χ3v) is 2.74. The van der Waals surface area contributed by atoms with Gasteiger partial charge in [-0.05, 0) is 17.7 Å². The Kier molecular flexibility index (Phi) is 3.26. The van der Waals surface area contributed by atoms with Crippen LogP contribution >= 0.6 is 23.2 Å². The lowest BCUT2D eigenvalue weighted by molar-refractivity contribution is -0.385. The Hall–Kier alpha value is -1.65. The zero-order valence-corrected chi connectivity index (χ0v) is 9.94. The van der Waals surface area contributed by atoms with Gasteiger partial charge in [0, 0.05) is 22.8 Å². The Morgan fingerprint density at radius 1 is 1.12 bits per heavy atom. The number of nitro groups is 1. The molecule has 2 aromatic rings. The van der Waals surface area contributed by atoms with Crippen LogP contribution in [0.3, 0.4) is 0 Å². The van der Waals surface area contributed by atoms with Crippen LogP contribution in [0.25, 0.3) is 11.1 Å². The van der Waals surface area contributed by atoms with E-state index in [1.807, 2.05) is 0 Å². The fourth-order valence-corrected chi connectivity index (χ4v) is 1.66. The number of halogens is 2. The van der Waals surface area contributed by atoms with Crippen molar-refractivity contribution < 1.29 is 4.92 Å². The average Bonchev–Trinajstić information content (AvgIpc) is 2.30. The average molecular weight is 269 g/mol. The molecule has 86 valence electrons. The van der Waals surface area contributed by atoms with Gasteiger partial charge in [-0.1, -0.05) is 35.3 Å². The molecule has 0 saturated carbocycles. The van der Waals surface area contributed by atoms with Gasteiger partial charge >= 0.3 is 5.69 Å². The quantitative estimate of drug-likeness (QED) is 0.471. The standard InChI is InChI=1S/C11H6Cl2N2O2/c12-9-3-1-7(2-4-9)8-5-10(15(16)17)11(13)14-6-8/h1-6H. The highest BCUT2D eigenvalue weighted by molar-refractivity contribution is 6.31. The third-order valence-electron chi connectivity index (χ3n) is 2.19. The first-order chi connectivity index (χ1) is 8.08. The van der Waals surface area contributed by atoms with Crippen LogP contribution in [0.5, 0.6) is 0 Å². The minimum atomic E-state index is -0.561. The predicted octanol–water partition coefficient (Wildman–Crippen LogP) is 3.96. The topological polar surface area (TPSA) is 56.0 Å². The Morgan fingerprint density at radius 2 is 1.76 bits per heavy atom. The molecule has 2 rings (SSSR count). The summed E-state index contributed by atoms with van der Waals surface area (Å²) in [4.78, 5) is 13.9. The van der Waals surface area contributed by atoms with Gasteiger partial charge in [-0.3, -0.25) is 10.1 Å². The highest BCUT2D eigenvalue weighted by Crippen LogP contribution is 2.28. The molecule has 1 heterocycles. The zero-order valence-electron chi connectivity index (χ0n) is 8.43. The van der Waals surface area contributed by atoms with Crippen molar-refractivity contribution in [2.24, 2.45) is 0 Å². The van der Waals surface area contributed by atoms with Crippen molar-refractivity contribution in [3.05, 3.63) is 56.8 Å². The van der Waals surface area contributed by atoms with Crippen molar-refractivity contribution in [1.29, 1.82) is 0 Å². The van der Waals surface area contributed by atoms with Crippen LogP contribution in [0.15, 0.2) is 36.5 Å². The summed E-state index contributed by atoms with van der Waals surface area (Å²) < 4.78 is 0. The maximum Gasteiger partial charge on any atom is 0.307 e. The summed E-state index contributed by atoms with van der Waals surface area (Å²) in [5, 5.41) is 11.2. The van der Waals surface area contributed by atoms with Crippen LogP contribution in [0.1, 0.15) is 0 Å². The molecule has 0 aliphatic rings. The van der Waals surface area contributed by atoms with Gasteiger partial charge in [0.2, 0.25) is 5.15 Å². The summed E-state index contributed by atoms with van der Waals surface area (Å²) in [6.07, 6.45) is 1.48. The summed E-state index contributed by atoms with van der Waals surface area (Å²) in [6.45, 7) is 0. The number of nitrogens with zero attached hydrogens (tertiary/aromatic N) is 2. The summed E-state index contributed by atoms with van der Waals surface area (Å²) in [5.41, 5.74) is 1.21. The van der Waals surface area contributed by atoms with Crippen LogP contribution < -0.4 is 0 Å². The molecule has 0 atom stereocenters. The lowest BCUT2D eigenvalue weighted by atomic mass is 10.1. The number of benzene rings is 1. The zero-order chi connectivity index (χ0) is 12.4. The van der Waals surface area contributed by atoms with E-state index in [2.05, 4.69) is 4.98 Å². The fraction of sp³-hybridized carbons (Fsp3) is 0. The molecule has 17 heavy (non-hydrogen) atoms. The van der Waals surface area contributed by atoms with E-state index in [9.17, 15) is 10.1 Å². The maximum absolute atomic E-state index is 10.7. The molecule has 0 amide bonds. The molecule has 1 aromatic carbocycles. The number of rotatable bonds is 2. The fourth-order valence-electron chi connectivity index (χ4n) is 1.36. The van der Waals surface area contributed by atoms with E-state index in [4.69, 9.17) is 23.2 Å². The summed E-state index contributed by atoms with van der Waals surface area (Å²) >= 11 is 11.4. The SMILES string of the molecule is O=[N+]([O-])c1cc(-c2ccc(Cl)cc2)cnc1Cl. The molecular weight excluding hydrogens is 263 g/mol. The number of hydrogen-bond acceptors (Lipinski definition) is 3. The van der Waals surface area contributed by atoms with Crippen LogP contribution in [0.2, 0.25) is 10.2 Å². The summed E-state index contributed by atoms with van der Waals surface area (Å²) in [6, 6.07) is 8.32. The van der Waals surface area contributed by atoms with E-state index in [0.717, 1.165) is 5.56 Å². The van der Waals surface area contributed by atoms with Gasteiger partial charge in [0.05, 0.1) is 4.92 Å². The monoisotopic (exact) mass is 268 g/mol. The molecule has 4 nitrogen and oxygen atoms in total. The third kappa shape index (κ3) is 2.54. The van der Waals surface area contributed by atoms with Gasteiger partial charge in [-0.15, -0.1) is 0 Å². The Morgan fingerprint density at radius 3 is 2.35 bits per heavy atom. The molecule has 6 heteroatoms. The predicted molar refractivity (Wildman–Crippen MR) is 66.3 cm³/mol. The van der Waals surface area contributed by atoms with E-state index in [0.29, 0.717) is 10.6 Å². The molecule has 0 aliphatic heterocycles. The van der Waals surface area contributed by atoms with E-state index < -0.39 is 4.92 Å². The number of aromatic nitrogens is 1. The second kappa shape index (κ2) is 4.69. The van der Waals surface area contributed by atoms with Crippen LogP contribution in [0.4, 0.5) is 5.69 Å². The molecule has 1 aromatic heterocycles. The Labute approximate surface area is 107 Å². The van der Waals surface area contributed by atoms with Gasteiger partial charge in [-0.2, -0.15) is 0 Å². The van der Waals surface area contributed by atoms with Crippen LogP contribution in [0, 0.1) is 10.1 Å². The summed E-state index contributed by atoms with van der Waals surface area (Å²) in [5.74, 6) is 0. The second-order valence-corrected chi connectivity index (χ2v) is 4.09. The first-order valence-corrected chi connectivity index (χ1v) is 5.39. The Bertz CT molecular complexity index is 570. The number of pyridine rings is 1. The van der Waals surface area contributed by atoms with Gasteiger partial charge in [0.1, 0.15) is 0 Å². The van der Waals surface area contributed by atoms with E-state index in [1.165, 1.54) is 12.3 Å². The first-order valence-electron chi connectivity index (χ1n) is 4.64. The van der Waals surface area contributed by atoms with E-state index >= 15 is 0 Å². The summed E-state index contributed by atoms with van der Waals surface area (Å²) in [7, 11) is 0. The molecule has 0 N–H and O–H groups in total. The van der Waals surface area contributed by atoms with Crippen LogP contribution in [-0.2, 0) is 0 Å². The van der Waals surface area contributed by atoms with Crippen molar-refractivity contribution in [2.75, 3.05) is 0 Å². The van der Waals surface area contributed by atoms with Crippen molar-refractivity contribution in [3.8, 4) is 11.1 Å². The maximum atomic E-state index is 10.7.